The Labute approximate surface area is 243 Å². The van der Waals surface area contributed by atoms with Gasteiger partial charge in [-0.15, -0.1) is 0 Å². The van der Waals surface area contributed by atoms with E-state index in [-0.39, 0.29) is 11.8 Å². The first kappa shape index (κ1) is 28.9. The molecule has 3 heterocycles. The van der Waals surface area contributed by atoms with Crippen LogP contribution < -0.4 is 9.64 Å². The molecule has 0 N–H and O–H groups in total. The number of hydrogen-bond donors (Lipinski definition) is 0. The second kappa shape index (κ2) is 13.8. The highest BCUT2D eigenvalue weighted by atomic mass is 16.5. The molecule has 2 aliphatic rings. The molecule has 3 aromatic rings. The van der Waals surface area contributed by atoms with E-state index in [1.165, 1.54) is 5.56 Å². The standard InChI is InChI=1S/C33H42N4O4/c1-26(38)37-17-7-5-3-4-6-16-36(25-29-11-10-27(22-30(29)37)24-34-18-20-41-21-19-34)33(39)28-12-13-32(40-2)31(23-28)35-14-8-9-15-35/h8-15,22-23H,3-7,16-21,24-25H2,1-2H3. The van der Waals surface area contributed by atoms with Crippen LogP contribution in [-0.4, -0.2) is 72.7 Å². The van der Waals surface area contributed by atoms with Gasteiger partial charge in [-0.2, -0.15) is 0 Å². The number of hydrogen-bond acceptors (Lipinski definition) is 5. The number of carbonyl (C=O) groups excluding carboxylic acids is 2. The first-order valence-corrected chi connectivity index (χ1v) is 14.8. The van der Waals surface area contributed by atoms with Crippen molar-refractivity contribution in [2.75, 3.05) is 51.4 Å². The van der Waals surface area contributed by atoms with Crippen LogP contribution in [0.5, 0.6) is 5.75 Å². The Hall–Kier alpha value is -3.62. The van der Waals surface area contributed by atoms with Crippen molar-refractivity contribution in [3.05, 3.63) is 77.6 Å². The van der Waals surface area contributed by atoms with E-state index in [0.717, 1.165) is 81.9 Å². The minimum absolute atomic E-state index is 0.0177. The number of rotatable bonds is 5. The summed E-state index contributed by atoms with van der Waals surface area (Å²) in [6, 6.07) is 16.0. The average molecular weight is 559 g/mol. The minimum atomic E-state index is -0.0177. The van der Waals surface area contributed by atoms with Crippen LogP contribution in [0.25, 0.3) is 5.69 Å². The van der Waals surface area contributed by atoms with Gasteiger partial charge in [-0.1, -0.05) is 31.4 Å². The number of methoxy groups -OCH3 is 1. The molecular formula is C33H42N4O4. The first-order valence-electron chi connectivity index (χ1n) is 14.8. The van der Waals surface area contributed by atoms with Gasteiger partial charge in [0.25, 0.3) is 5.91 Å². The number of amides is 2. The number of carbonyl (C=O) groups is 2. The maximum Gasteiger partial charge on any atom is 0.254 e. The Morgan fingerprint density at radius 1 is 0.854 bits per heavy atom. The Kier molecular flexibility index (Phi) is 9.75. The monoisotopic (exact) mass is 558 g/mol. The highest BCUT2D eigenvalue weighted by Gasteiger charge is 2.23. The van der Waals surface area contributed by atoms with Crippen LogP contribution in [0.2, 0.25) is 0 Å². The van der Waals surface area contributed by atoms with E-state index in [2.05, 4.69) is 23.1 Å². The van der Waals surface area contributed by atoms with Crippen LogP contribution in [0.4, 0.5) is 5.69 Å². The van der Waals surface area contributed by atoms with Crippen molar-refractivity contribution in [1.82, 2.24) is 14.4 Å². The Morgan fingerprint density at radius 2 is 1.59 bits per heavy atom. The Balaban J connectivity index is 1.48. The van der Waals surface area contributed by atoms with E-state index in [1.54, 1.807) is 14.0 Å². The van der Waals surface area contributed by atoms with Gasteiger partial charge in [-0.25, -0.2) is 0 Å². The molecule has 0 aliphatic carbocycles. The van der Waals surface area contributed by atoms with E-state index < -0.39 is 0 Å². The maximum absolute atomic E-state index is 14.1. The van der Waals surface area contributed by atoms with Crippen molar-refractivity contribution < 1.29 is 19.1 Å². The lowest BCUT2D eigenvalue weighted by molar-refractivity contribution is -0.116. The van der Waals surface area contributed by atoms with Crippen LogP contribution in [0.15, 0.2) is 60.9 Å². The summed E-state index contributed by atoms with van der Waals surface area (Å²) in [5.74, 6) is 0.730. The van der Waals surface area contributed by atoms with E-state index in [1.807, 2.05) is 57.1 Å². The quantitative estimate of drug-likeness (QED) is 0.427. The third kappa shape index (κ3) is 7.18. The number of ether oxygens (including phenoxy) is 2. The van der Waals surface area contributed by atoms with Gasteiger partial charge in [0.1, 0.15) is 5.75 Å². The first-order chi connectivity index (χ1) is 20.0. The predicted molar refractivity (Wildman–Crippen MR) is 161 cm³/mol. The molecule has 2 aliphatic heterocycles. The lowest BCUT2D eigenvalue weighted by Gasteiger charge is -2.31. The molecule has 1 aromatic heterocycles. The summed E-state index contributed by atoms with van der Waals surface area (Å²) >= 11 is 0. The zero-order valence-corrected chi connectivity index (χ0v) is 24.4. The summed E-state index contributed by atoms with van der Waals surface area (Å²) in [4.78, 5) is 33.3. The second-order valence-corrected chi connectivity index (χ2v) is 11.0. The zero-order valence-electron chi connectivity index (χ0n) is 24.4. The Bertz CT molecular complexity index is 1320. The van der Waals surface area contributed by atoms with Crippen molar-refractivity contribution in [1.29, 1.82) is 0 Å². The maximum atomic E-state index is 14.1. The number of benzene rings is 2. The lowest BCUT2D eigenvalue weighted by Crippen LogP contribution is -2.36. The fourth-order valence-corrected chi connectivity index (χ4v) is 5.82. The van der Waals surface area contributed by atoms with Crippen molar-refractivity contribution >= 4 is 17.5 Å². The van der Waals surface area contributed by atoms with Gasteiger partial charge in [0.2, 0.25) is 5.91 Å². The van der Waals surface area contributed by atoms with Crippen molar-refractivity contribution in [2.45, 2.75) is 52.1 Å². The normalized spacial score (nSPS) is 17.3. The lowest BCUT2D eigenvalue weighted by atomic mass is 10.0. The van der Waals surface area contributed by atoms with Gasteiger partial charge in [0.15, 0.2) is 0 Å². The number of nitrogens with zero attached hydrogens (tertiary/aromatic N) is 4. The summed E-state index contributed by atoms with van der Waals surface area (Å²) < 4.78 is 13.1. The molecule has 1 saturated heterocycles. The highest BCUT2D eigenvalue weighted by molar-refractivity contribution is 5.96. The summed E-state index contributed by atoms with van der Waals surface area (Å²) in [5, 5.41) is 0. The number of fused-ring (bicyclic) bond motifs is 1. The summed E-state index contributed by atoms with van der Waals surface area (Å²) in [5.41, 5.74) is 4.54. The molecular weight excluding hydrogens is 516 g/mol. The van der Waals surface area contributed by atoms with Crippen molar-refractivity contribution in [3.63, 3.8) is 0 Å². The van der Waals surface area contributed by atoms with Gasteiger partial charge in [0.05, 0.1) is 26.0 Å². The largest absolute Gasteiger partial charge is 0.495 e. The van der Waals surface area contributed by atoms with E-state index in [0.29, 0.717) is 30.9 Å². The third-order valence-corrected chi connectivity index (χ3v) is 8.10. The molecule has 1 fully saturated rings. The SMILES string of the molecule is COc1ccc(C(=O)N2CCCCCCCN(C(C)=O)c3cc(CN4CCOCC4)ccc3C2)cc1-n1cccc1. The van der Waals surface area contributed by atoms with Crippen molar-refractivity contribution in [2.24, 2.45) is 0 Å². The zero-order chi connectivity index (χ0) is 28.6. The second-order valence-electron chi connectivity index (χ2n) is 11.0. The fraction of sp³-hybridized carbons (Fsp3) is 0.455. The van der Waals surface area contributed by atoms with Crippen LogP contribution in [0, 0.1) is 0 Å². The minimum Gasteiger partial charge on any atom is -0.495 e. The molecule has 41 heavy (non-hydrogen) atoms. The van der Waals surface area contributed by atoms with Gasteiger partial charge < -0.3 is 23.8 Å². The fourth-order valence-electron chi connectivity index (χ4n) is 5.82. The summed E-state index contributed by atoms with van der Waals surface area (Å²) in [7, 11) is 1.64. The van der Waals surface area contributed by atoms with Gasteiger partial charge in [-0.05, 0) is 60.4 Å². The molecule has 2 aromatic carbocycles. The van der Waals surface area contributed by atoms with Gasteiger partial charge in [0, 0.05) is 69.8 Å². The predicted octanol–water partition coefficient (Wildman–Crippen LogP) is 5.28. The molecule has 0 bridgehead atoms. The molecule has 218 valence electrons. The Morgan fingerprint density at radius 3 is 2.32 bits per heavy atom. The molecule has 8 heteroatoms. The number of anilines is 1. The summed E-state index contributed by atoms with van der Waals surface area (Å²) in [6.45, 7) is 7.57. The number of aromatic nitrogens is 1. The molecule has 2 amide bonds. The molecule has 0 radical (unpaired) electrons. The molecule has 0 saturated carbocycles. The van der Waals surface area contributed by atoms with Gasteiger partial charge >= 0.3 is 0 Å². The molecule has 0 spiro atoms. The van der Waals surface area contributed by atoms with E-state index >= 15 is 0 Å². The summed E-state index contributed by atoms with van der Waals surface area (Å²) in [6.07, 6.45) is 9.05. The van der Waals surface area contributed by atoms with Crippen LogP contribution in [0.1, 0.15) is 60.5 Å². The van der Waals surface area contributed by atoms with Crippen LogP contribution >= 0.6 is 0 Å². The molecule has 0 atom stereocenters. The highest BCUT2D eigenvalue weighted by Crippen LogP contribution is 2.29. The van der Waals surface area contributed by atoms with E-state index in [9.17, 15) is 9.59 Å². The van der Waals surface area contributed by atoms with Crippen LogP contribution in [0.3, 0.4) is 0 Å². The molecule has 8 nitrogen and oxygen atoms in total. The van der Waals surface area contributed by atoms with E-state index in [4.69, 9.17) is 9.47 Å². The average Bonchev–Trinajstić information content (AvgIpc) is 3.52. The third-order valence-electron chi connectivity index (χ3n) is 8.10. The van der Waals surface area contributed by atoms with Crippen LogP contribution in [-0.2, 0) is 22.6 Å². The topological polar surface area (TPSA) is 67.2 Å². The van der Waals surface area contributed by atoms with Gasteiger partial charge in [-0.3, -0.25) is 14.5 Å². The number of morpholine rings is 1. The smallest absolute Gasteiger partial charge is 0.254 e. The molecule has 5 rings (SSSR count). The van der Waals surface area contributed by atoms with Crippen molar-refractivity contribution in [3.8, 4) is 11.4 Å². The molecule has 0 unspecified atom stereocenters.